The Kier molecular flexibility index (Phi) is 6.52. The molecule has 3 heterocycles. The summed E-state index contributed by atoms with van der Waals surface area (Å²) in [5.74, 6) is -0.622. The van der Waals surface area contributed by atoms with Crippen molar-refractivity contribution in [2.45, 2.75) is 44.2 Å². The van der Waals surface area contributed by atoms with E-state index in [0.717, 1.165) is 11.8 Å². The van der Waals surface area contributed by atoms with Gasteiger partial charge in [-0.2, -0.15) is 0 Å². The van der Waals surface area contributed by atoms with Crippen LogP contribution in [0.25, 0.3) is 22.0 Å². The molecule has 0 atom stereocenters. The molecule has 3 aromatic rings. The zero-order valence-corrected chi connectivity index (χ0v) is 22.4. The molecule has 202 valence electrons. The van der Waals surface area contributed by atoms with Crippen molar-refractivity contribution < 1.29 is 27.4 Å². The molecule has 10 nitrogen and oxygen atoms in total. The van der Waals surface area contributed by atoms with E-state index >= 15 is 4.39 Å². The number of aliphatic hydroxyl groups is 1. The molecular formula is C26H30FN5O5S. The fraction of sp³-hybridized carbons (Fsp3) is 0.423. The number of fused-ring (bicyclic) bond motifs is 4. The molecule has 2 aliphatic rings. The Bertz CT molecular complexity index is 1540. The Morgan fingerprint density at radius 3 is 2.63 bits per heavy atom. The van der Waals surface area contributed by atoms with Crippen LogP contribution in [0.2, 0.25) is 0 Å². The number of sulfonamides is 1. The van der Waals surface area contributed by atoms with E-state index in [0.29, 0.717) is 28.7 Å². The fourth-order valence-electron chi connectivity index (χ4n) is 5.32. The molecule has 1 amide bonds. The van der Waals surface area contributed by atoms with Crippen molar-refractivity contribution in [1.29, 1.82) is 0 Å². The third-order valence-corrected chi connectivity index (χ3v) is 7.60. The van der Waals surface area contributed by atoms with Gasteiger partial charge in [-0.05, 0) is 25.0 Å². The number of rotatable bonds is 8. The molecule has 1 saturated carbocycles. The molecule has 3 N–H and O–H groups in total. The minimum Gasteiger partial charge on any atom is -0.475 e. The number of pyridine rings is 2. The summed E-state index contributed by atoms with van der Waals surface area (Å²) < 4.78 is 47.6. The highest BCUT2D eigenvalue weighted by atomic mass is 32.2. The van der Waals surface area contributed by atoms with Gasteiger partial charge in [0.15, 0.2) is 0 Å². The summed E-state index contributed by atoms with van der Waals surface area (Å²) in [7, 11) is -2.01. The lowest BCUT2D eigenvalue weighted by atomic mass is 9.62. The lowest BCUT2D eigenvalue weighted by molar-refractivity contribution is -0.130. The monoisotopic (exact) mass is 543 g/mol. The summed E-state index contributed by atoms with van der Waals surface area (Å²) in [6.45, 7) is 4.77. The Labute approximate surface area is 220 Å². The normalized spacial score (nSPS) is 20.8. The number of aromatic nitrogens is 2. The number of nitrogens with one attached hydrogen (secondary N) is 2. The first kappa shape index (κ1) is 26.3. The highest BCUT2D eigenvalue weighted by molar-refractivity contribution is 7.92. The van der Waals surface area contributed by atoms with E-state index in [2.05, 4.69) is 20.0 Å². The largest absolute Gasteiger partial charge is 0.475 e. The summed E-state index contributed by atoms with van der Waals surface area (Å²) in [4.78, 5) is 23.4. The van der Waals surface area contributed by atoms with E-state index in [-0.39, 0.29) is 48.5 Å². The molecule has 1 aliphatic carbocycles. The predicted molar refractivity (Wildman–Crippen MR) is 142 cm³/mol. The van der Waals surface area contributed by atoms with Crippen LogP contribution in [-0.4, -0.2) is 68.0 Å². The van der Waals surface area contributed by atoms with Gasteiger partial charge >= 0.3 is 0 Å². The summed E-state index contributed by atoms with van der Waals surface area (Å²) >= 11 is 0. The molecule has 0 bridgehead atoms. The number of hydrogen-bond acceptors (Lipinski definition) is 8. The van der Waals surface area contributed by atoms with Crippen LogP contribution in [0.1, 0.15) is 32.3 Å². The van der Waals surface area contributed by atoms with Gasteiger partial charge in [-0.15, -0.1) is 0 Å². The second-order valence-electron chi connectivity index (χ2n) is 10.3. The number of aliphatic hydroxyl groups excluding tert-OH is 1. The third-order valence-electron chi connectivity index (χ3n) is 7.01. The van der Waals surface area contributed by atoms with Crippen LogP contribution in [0.4, 0.5) is 15.8 Å². The number of nitrogens with zero attached hydrogens (tertiary/aromatic N) is 3. The van der Waals surface area contributed by atoms with Crippen molar-refractivity contribution in [1.82, 2.24) is 15.3 Å². The molecule has 0 radical (unpaired) electrons. The number of anilines is 2. The first-order chi connectivity index (χ1) is 17.9. The second kappa shape index (κ2) is 9.44. The number of carbonyl (C=O) groups is 1. The average Bonchev–Trinajstić information content (AvgIpc) is 3.03. The third kappa shape index (κ3) is 4.56. The first-order valence-corrected chi connectivity index (χ1v) is 14.2. The van der Waals surface area contributed by atoms with Gasteiger partial charge in [-0.25, -0.2) is 17.8 Å². The minimum absolute atomic E-state index is 0.0723. The zero-order valence-electron chi connectivity index (χ0n) is 21.6. The maximum atomic E-state index is 15.4. The summed E-state index contributed by atoms with van der Waals surface area (Å²) in [5.41, 5.74) is 1.43. The van der Waals surface area contributed by atoms with Crippen LogP contribution in [-0.2, 0) is 20.2 Å². The smallest absolute Gasteiger partial charge is 0.238 e. The van der Waals surface area contributed by atoms with E-state index in [1.54, 1.807) is 19.3 Å². The van der Waals surface area contributed by atoms with Gasteiger partial charge in [0.05, 0.1) is 35.2 Å². The highest BCUT2D eigenvalue weighted by Gasteiger charge is 2.58. The van der Waals surface area contributed by atoms with Gasteiger partial charge < -0.3 is 20.1 Å². The van der Waals surface area contributed by atoms with E-state index in [4.69, 9.17) is 4.74 Å². The van der Waals surface area contributed by atoms with Crippen molar-refractivity contribution in [2.75, 3.05) is 36.1 Å². The molecule has 5 rings (SSSR count). The van der Waals surface area contributed by atoms with E-state index in [1.165, 1.54) is 23.2 Å². The molecule has 1 fully saturated rings. The van der Waals surface area contributed by atoms with Gasteiger partial charge in [0, 0.05) is 54.0 Å². The minimum atomic E-state index is -3.68. The van der Waals surface area contributed by atoms with Gasteiger partial charge in [-0.3, -0.25) is 14.5 Å². The second-order valence-corrected chi connectivity index (χ2v) is 12.0. The zero-order chi connectivity index (χ0) is 27.4. The van der Waals surface area contributed by atoms with E-state index < -0.39 is 27.4 Å². The van der Waals surface area contributed by atoms with E-state index in [1.807, 2.05) is 13.8 Å². The van der Waals surface area contributed by atoms with Crippen LogP contribution in [0.5, 0.6) is 5.88 Å². The Morgan fingerprint density at radius 1 is 1.24 bits per heavy atom. The van der Waals surface area contributed by atoms with Gasteiger partial charge in [0.2, 0.25) is 21.8 Å². The van der Waals surface area contributed by atoms with Gasteiger partial charge in [0.25, 0.3) is 0 Å². The summed E-state index contributed by atoms with van der Waals surface area (Å²) in [6, 6.07) is 4.64. The summed E-state index contributed by atoms with van der Waals surface area (Å²) in [6.07, 6.45) is 3.98. The fourth-order valence-corrected chi connectivity index (χ4v) is 5.87. The van der Waals surface area contributed by atoms with Crippen molar-refractivity contribution in [3.63, 3.8) is 0 Å². The lowest BCUT2D eigenvalue weighted by Crippen LogP contribution is -2.51. The Morgan fingerprint density at radius 2 is 1.97 bits per heavy atom. The van der Waals surface area contributed by atoms with E-state index in [9.17, 15) is 18.3 Å². The average molecular weight is 544 g/mol. The number of amides is 1. The molecule has 38 heavy (non-hydrogen) atoms. The topological polar surface area (TPSA) is 134 Å². The SMILES string of the molecule is CC(C)NCCOc1ncc(-c2cc3c4c(cnc3cc2F)N(C)C(=O)C42CC(O)C2)cc1NS(C)(=O)=O. The molecule has 2 aromatic heterocycles. The molecule has 0 unspecified atom stereocenters. The first-order valence-electron chi connectivity index (χ1n) is 12.3. The van der Waals surface area contributed by atoms with Crippen LogP contribution >= 0.6 is 0 Å². The standard InChI is InChI=1S/C26H30FN5O5S/c1-14(2)28-5-6-37-24-21(31-38(4,35)36)7-15(12-30-24)17-8-18-20(9-19(17)27)29-13-22-23(18)26(10-16(33)11-26)25(34)32(22)3/h7-9,12-14,16,28,31,33H,5-6,10-11H2,1-4H3. The van der Waals surface area contributed by atoms with Gasteiger partial charge in [-0.1, -0.05) is 13.8 Å². The van der Waals surface area contributed by atoms with Crippen LogP contribution < -0.4 is 19.7 Å². The number of hydrogen-bond donors (Lipinski definition) is 3. The predicted octanol–water partition coefficient (Wildman–Crippen LogP) is 2.55. The van der Waals surface area contributed by atoms with Crippen molar-refractivity contribution in [3.8, 4) is 17.0 Å². The van der Waals surface area contributed by atoms with Crippen LogP contribution in [0, 0.1) is 5.82 Å². The quantitative estimate of drug-likeness (QED) is 0.369. The maximum Gasteiger partial charge on any atom is 0.238 e. The summed E-state index contributed by atoms with van der Waals surface area (Å²) in [5, 5.41) is 13.9. The number of likely N-dealkylation sites (N-methyl/N-ethyl adjacent to an activating group) is 1. The molecule has 1 aliphatic heterocycles. The van der Waals surface area contributed by atoms with Crippen molar-refractivity contribution in [2.24, 2.45) is 0 Å². The van der Waals surface area contributed by atoms with Crippen molar-refractivity contribution >= 4 is 38.2 Å². The molecule has 1 spiro atoms. The number of halogens is 1. The molecule has 1 aromatic carbocycles. The number of benzene rings is 1. The van der Waals surface area contributed by atoms with Gasteiger partial charge in [0.1, 0.15) is 18.1 Å². The molecule has 12 heteroatoms. The highest BCUT2D eigenvalue weighted by Crippen LogP contribution is 2.55. The Hall–Kier alpha value is -3.35. The lowest BCUT2D eigenvalue weighted by Gasteiger charge is -2.41. The van der Waals surface area contributed by atoms with Crippen LogP contribution in [0.15, 0.2) is 30.6 Å². The number of carbonyl (C=O) groups excluding carboxylic acids is 1. The maximum absolute atomic E-state index is 15.4. The number of ether oxygens (including phenoxy) is 1. The molecular weight excluding hydrogens is 513 g/mol. The molecule has 0 saturated heterocycles. The van der Waals surface area contributed by atoms with Crippen molar-refractivity contribution in [3.05, 3.63) is 42.0 Å². The van der Waals surface area contributed by atoms with Crippen LogP contribution in [0.3, 0.4) is 0 Å². The Balaban J connectivity index is 1.59.